The first-order chi connectivity index (χ1) is 8.98. The summed E-state index contributed by atoms with van der Waals surface area (Å²) in [4.78, 5) is 0. The molecule has 19 heavy (non-hydrogen) atoms. The third-order valence-corrected chi connectivity index (χ3v) is 2.53. The minimum Gasteiger partial charge on any atom is -0.618 e. The monoisotopic (exact) mass is 265 g/mol. The molecule has 0 saturated heterocycles. The van der Waals surface area contributed by atoms with E-state index in [1.54, 1.807) is 18.2 Å². The van der Waals surface area contributed by atoms with E-state index in [0.717, 1.165) is 12.3 Å². The molecule has 0 aliphatic carbocycles. The van der Waals surface area contributed by atoms with Crippen molar-refractivity contribution >= 4 is 11.9 Å². The molecule has 2 rings (SSSR count). The molecule has 0 heterocycles. The first-order valence-corrected chi connectivity index (χ1v) is 5.51. The summed E-state index contributed by atoms with van der Waals surface area (Å²) in [5.41, 5.74) is -0.708. The Labute approximate surface area is 108 Å². The second-order valence-corrected chi connectivity index (χ2v) is 3.88. The molecule has 5 heteroatoms. The normalized spacial score (nSPS) is 12.5. The van der Waals surface area contributed by atoms with Gasteiger partial charge in [0.25, 0.3) is 0 Å². The van der Waals surface area contributed by atoms with Gasteiger partial charge in [0.05, 0.1) is 11.1 Å². The lowest BCUT2D eigenvalue weighted by molar-refractivity contribution is -0.354. The molecule has 0 fully saturated rings. The summed E-state index contributed by atoms with van der Waals surface area (Å²) >= 11 is 0. The molecule has 2 aromatic rings. The lowest BCUT2D eigenvalue weighted by Crippen LogP contribution is -2.10. The Bertz CT molecular complexity index is 591. The largest absolute Gasteiger partial charge is 0.618 e. The molecular weight excluding hydrogens is 255 g/mol. The summed E-state index contributed by atoms with van der Waals surface area (Å²) in [5, 5.41) is 11.8. The predicted molar refractivity (Wildman–Crippen MR) is 66.3 cm³/mol. The Balaban J connectivity index is 2.44. The van der Waals surface area contributed by atoms with E-state index in [9.17, 15) is 18.4 Å². The number of benzene rings is 2. The number of halogens is 3. The smallest absolute Gasteiger partial charge is 0.417 e. The molecule has 0 aliphatic rings. The number of alkyl halides is 3. The summed E-state index contributed by atoms with van der Waals surface area (Å²) in [6, 6.07) is 13.0. The van der Waals surface area contributed by atoms with E-state index in [0.29, 0.717) is 4.74 Å². The standard InChI is InChI=1S/C14H10F3NO/c15-14(16,17)13-9-5-4-6-11(13)10-18(19)12-7-2-1-3-8-12/h1-10H/b18-10-. The number of hydrogen-bond donors (Lipinski definition) is 0. The van der Waals surface area contributed by atoms with Gasteiger partial charge in [-0.15, -0.1) is 0 Å². The van der Waals surface area contributed by atoms with Crippen molar-refractivity contribution in [3.63, 3.8) is 0 Å². The van der Waals surface area contributed by atoms with Gasteiger partial charge in [-0.05, 0) is 12.1 Å². The molecule has 0 spiro atoms. The van der Waals surface area contributed by atoms with Gasteiger partial charge in [0.15, 0.2) is 6.21 Å². The van der Waals surface area contributed by atoms with E-state index in [1.807, 2.05) is 0 Å². The van der Waals surface area contributed by atoms with Crippen LogP contribution in [0.4, 0.5) is 18.9 Å². The molecule has 0 atom stereocenters. The fraction of sp³-hybridized carbons (Fsp3) is 0.0714. The maximum Gasteiger partial charge on any atom is 0.417 e. The average Bonchev–Trinajstić information content (AvgIpc) is 2.39. The highest BCUT2D eigenvalue weighted by Gasteiger charge is 2.33. The molecule has 0 aromatic heterocycles. The number of hydrogen-bond acceptors (Lipinski definition) is 1. The molecule has 2 aromatic carbocycles. The van der Waals surface area contributed by atoms with E-state index in [2.05, 4.69) is 0 Å². The highest BCUT2D eigenvalue weighted by atomic mass is 19.4. The summed E-state index contributed by atoms with van der Waals surface area (Å²) in [7, 11) is 0. The van der Waals surface area contributed by atoms with Crippen molar-refractivity contribution in [1.82, 2.24) is 0 Å². The maximum absolute atomic E-state index is 12.8. The highest BCUT2D eigenvalue weighted by Crippen LogP contribution is 2.31. The first-order valence-electron chi connectivity index (χ1n) is 5.51. The molecule has 0 N–H and O–H groups in total. The second kappa shape index (κ2) is 5.14. The predicted octanol–water partition coefficient (Wildman–Crippen LogP) is 3.97. The van der Waals surface area contributed by atoms with Crippen LogP contribution in [0.2, 0.25) is 0 Å². The zero-order valence-electron chi connectivity index (χ0n) is 9.76. The van der Waals surface area contributed by atoms with E-state index >= 15 is 0 Å². The molecular formula is C14H10F3NO. The van der Waals surface area contributed by atoms with Gasteiger partial charge in [0.1, 0.15) is 0 Å². The zero-order chi connectivity index (χ0) is 13.9. The molecule has 98 valence electrons. The van der Waals surface area contributed by atoms with Gasteiger partial charge < -0.3 is 5.21 Å². The van der Waals surface area contributed by atoms with Gasteiger partial charge in [0, 0.05) is 12.1 Å². The molecule has 0 amide bonds. The van der Waals surface area contributed by atoms with Gasteiger partial charge >= 0.3 is 6.18 Å². The number of nitrogens with zero attached hydrogens (tertiary/aromatic N) is 1. The van der Waals surface area contributed by atoms with Crippen molar-refractivity contribution in [1.29, 1.82) is 0 Å². The van der Waals surface area contributed by atoms with E-state index in [1.165, 1.54) is 30.3 Å². The van der Waals surface area contributed by atoms with Crippen molar-refractivity contribution in [3.8, 4) is 0 Å². The zero-order valence-corrected chi connectivity index (χ0v) is 9.76. The van der Waals surface area contributed by atoms with Crippen molar-refractivity contribution in [3.05, 3.63) is 70.9 Å². The maximum atomic E-state index is 12.8. The molecule has 0 saturated carbocycles. The summed E-state index contributed by atoms with van der Waals surface area (Å²) in [6.45, 7) is 0. The summed E-state index contributed by atoms with van der Waals surface area (Å²) in [6.07, 6.45) is -3.55. The topological polar surface area (TPSA) is 26.1 Å². The lowest BCUT2D eigenvalue weighted by atomic mass is 10.1. The Morgan fingerprint density at radius 3 is 2.11 bits per heavy atom. The lowest BCUT2D eigenvalue weighted by Gasteiger charge is -2.09. The quantitative estimate of drug-likeness (QED) is 0.349. The Morgan fingerprint density at radius 2 is 1.47 bits per heavy atom. The fourth-order valence-corrected chi connectivity index (χ4v) is 1.64. The Kier molecular flexibility index (Phi) is 3.55. The van der Waals surface area contributed by atoms with Gasteiger partial charge in [-0.3, -0.25) is 0 Å². The molecule has 0 unspecified atom stereocenters. The Hall–Kier alpha value is -2.30. The molecule has 0 radical (unpaired) electrons. The molecule has 0 bridgehead atoms. The minimum atomic E-state index is -4.48. The minimum absolute atomic E-state index is 0.158. The highest BCUT2D eigenvalue weighted by molar-refractivity contribution is 5.79. The van der Waals surface area contributed by atoms with Crippen LogP contribution in [-0.2, 0) is 6.18 Å². The van der Waals surface area contributed by atoms with E-state index in [4.69, 9.17) is 0 Å². The third kappa shape index (κ3) is 3.13. The van der Waals surface area contributed by atoms with Crippen molar-refractivity contribution in [2.24, 2.45) is 0 Å². The van der Waals surface area contributed by atoms with Crippen LogP contribution in [0.25, 0.3) is 0 Å². The Morgan fingerprint density at radius 1 is 0.895 bits per heavy atom. The van der Waals surface area contributed by atoms with Gasteiger partial charge in [-0.2, -0.15) is 17.9 Å². The first kappa shape index (κ1) is 13.1. The van der Waals surface area contributed by atoms with Crippen molar-refractivity contribution < 1.29 is 17.9 Å². The van der Waals surface area contributed by atoms with Crippen LogP contribution in [0.3, 0.4) is 0 Å². The van der Waals surface area contributed by atoms with Crippen LogP contribution < -0.4 is 0 Å². The fourth-order valence-electron chi connectivity index (χ4n) is 1.64. The number of rotatable bonds is 2. The van der Waals surface area contributed by atoms with E-state index < -0.39 is 11.7 Å². The van der Waals surface area contributed by atoms with Crippen molar-refractivity contribution in [2.75, 3.05) is 0 Å². The SMILES string of the molecule is [O-]/[N+](=C\c1ccccc1C(F)(F)F)c1ccccc1. The van der Waals surface area contributed by atoms with E-state index in [-0.39, 0.29) is 11.3 Å². The summed E-state index contributed by atoms with van der Waals surface area (Å²) in [5.74, 6) is 0. The average molecular weight is 265 g/mol. The van der Waals surface area contributed by atoms with Crippen LogP contribution in [0.15, 0.2) is 54.6 Å². The summed E-state index contributed by atoms with van der Waals surface area (Å²) < 4.78 is 38.7. The second-order valence-electron chi connectivity index (χ2n) is 3.88. The van der Waals surface area contributed by atoms with Gasteiger partial charge in [0.2, 0.25) is 5.69 Å². The molecule has 2 nitrogen and oxygen atoms in total. The van der Waals surface area contributed by atoms with Crippen LogP contribution in [0, 0.1) is 5.21 Å². The van der Waals surface area contributed by atoms with Crippen LogP contribution in [-0.4, -0.2) is 11.0 Å². The van der Waals surface area contributed by atoms with Crippen molar-refractivity contribution in [2.45, 2.75) is 6.18 Å². The third-order valence-electron chi connectivity index (χ3n) is 2.53. The van der Waals surface area contributed by atoms with Crippen LogP contribution >= 0.6 is 0 Å². The van der Waals surface area contributed by atoms with Crippen LogP contribution in [0.1, 0.15) is 11.1 Å². The molecule has 0 aliphatic heterocycles. The van der Waals surface area contributed by atoms with Gasteiger partial charge in [-0.1, -0.05) is 30.3 Å². The van der Waals surface area contributed by atoms with Crippen LogP contribution in [0.5, 0.6) is 0 Å². The number of para-hydroxylation sites is 1. The van der Waals surface area contributed by atoms with Gasteiger partial charge in [-0.25, -0.2) is 0 Å².